The number of aryl methyl sites for hydroxylation is 1. The van der Waals surface area contributed by atoms with E-state index in [1.165, 1.54) is 6.07 Å². The van der Waals surface area contributed by atoms with Crippen LogP contribution >= 0.6 is 0 Å². The molecule has 1 atom stereocenters. The van der Waals surface area contributed by atoms with Gasteiger partial charge in [0.15, 0.2) is 0 Å². The molecule has 7 heteroatoms. The highest BCUT2D eigenvalue weighted by Crippen LogP contribution is 2.28. The number of nitrogens with zero attached hydrogens (tertiary/aromatic N) is 3. The summed E-state index contributed by atoms with van der Waals surface area (Å²) in [6.07, 6.45) is 1.44. The van der Waals surface area contributed by atoms with Gasteiger partial charge < -0.3 is 10.0 Å². The van der Waals surface area contributed by atoms with E-state index in [2.05, 4.69) is 4.98 Å². The maximum atomic E-state index is 11.1. The first kappa shape index (κ1) is 14.9. The summed E-state index contributed by atoms with van der Waals surface area (Å²) in [5, 5.41) is 19.9. The number of nitro groups is 1. The molecule has 1 aromatic heterocycles. The minimum atomic E-state index is -0.944. The Morgan fingerprint density at radius 1 is 1.63 bits per heavy atom. The van der Waals surface area contributed by atoms with Gasteiger partial charge in [0.1, 0.15) is 0 Å². The van der Waals surface area contributed by atoms with Gasteiger partial charge in [0.2, 0.25) is 5.82 Å². The van der Waals surface area contributed by atoms with Crippen LogP contribution in [0.15, 0.2) is 12.3 Å². The lowest BCUT2D eigenvalue weighted by atomic mass is 10.2. The van der Waals surface area contributed by atoms with Crippen LogP contribution in [0.5, 0.6) is 0 Å². The molecule has 19 heavy (non-hydrogen) atoms. The molecule has 0 aliphatic carbocycles. The fourth-order valence-corrected chi connectivity index (χ4v) is 1.94. The average Bonchev–Trinajstić information content (AvgIpc) is 2.30. The average molecular weight is 267 g/mol. The number of hydrogen-bond donors (Lipinski definition) is 1. The second-order valence-electron chi connectivity index (χ2n) is 4.35. The van der Waals surface area contributed by atoms with Gasteiger partial charge >= 0.3 is 11.7 Å². The van der Waals surface area contributed by atoms with E-state index >= 15 is 0 Å². The number of pyridine rings is 1. The Labute approximate surface area is 111 Å². The Hall–Kier alpha value is -2.18. The second-order valence-corrected chi connectivity index (χ2v) is 4.35. The monoisotopic (exact) mass is 267 g/mol. The Morgan fingerprint density at radius 2 is 2.26 bits per heavy atom. The van der Waals surface area contributed by atoms with Gasteiger partial charge in [-0.3, -0.25) is 14.9 Å². The molecule has 0 aliphatic rings. The zero-order chi connectivity index (χ0) is 14.6. The van der Waals surface area contributed by atoms with E-state index in [0.29, 0.717) is 12.1 Å². The third kappa shape index (κ3) is 3.64. The SMILES string of the molecule is CCN(c1ncc(C)cc1[N+](=O)[O-])C(C)CC(=O)O. The van der Waals surface area contributed by atoms with E-state index in [4.69, 9.17) is 5.11 Å². The Morgan fingerprint density at radius 3 is 2.74 bits per heavy atom. The normalized spacial score (nSPS) is 11.9. The van der Waals surface area contributed by atoms with Gasteiger partial charge in [0.05, 0.1) is 11.3 Å². The number of carboxylic acid groups (broad SMARTS) is 1. The fourth-order valence-electron chi connectivity index (χ4n) is 1.94. The molecule has 0 radical (unpaired) electrons. The molecular formula is C12H17N3O4. The summed E-state index contributed by atoms with van der Waals surface area (Å²) in [6.45, 7) is 5.69. The van der Waals surface area contributed by atoms with E-state index in [9.17, 15) is 14.9 Å². The van der Waals surface area contributed by atoms with E-state index in [1.807, 2.05) is 6.92 Å². The molecule has 0 fully saturated rings. The van der Waals surface area contributed by atoms with Crippen LogP contribution in [0.25, 0.3) is 0 Å². The number of hydrogen-bond acceptors (Lipinski definition) is 5. The first-order valence-corrected chi connectivity index (χ1v) is 5.96. The van der Waals surface area contributed by atoms with Crippen LogP contribution in [0.4, 0.5) is 11.5 Å². The van der Waals surface area contributed by atoms with Crippen molar-refractivity contribution in [3.8, 4) is 0 Å². The van der Waals surface area contributed by atoms with E-state index in [0.717, 1.165) is 0 Å². The van der Waals surface area contributed by atoms with Crippen LogP contribution in [0.2, 0.25) is 0 Å². The van der Waals surface area contributed by atoms with E-state index < -0.39 is 10.9 Å². The summed E-state index contributed by atoms with van der Waals surface area (Å²) in [4.78, 5) is 27.0. The zero-order valence-electron chi connectivity index (χ0n) is 11.2. The van der Waals surface area contributed by atoms with Gasteiger partial charge in [-0.15, -0.1) is 0 Å². The third-order valence-corrected chi connectivity index (χ3v) is 2.80. The third-order valence-electron chi connectivity index (χ3n) is 2.80. The fraction of sp³-hybridized carbons (Fsp3) is 0.500. The Balaban J connectivity index is 3.17. The number of carboxylic acids is 1. The predicted octanol–water partition coefficient (Wildman–Crippen LogP) is 1.99. The van der Waals surface area contributed by atoms with Gasteiger partial charge in [0.25, 0.3) is 0 Å². The summed E-state index contributed by atoms with van der Waals surface area (Å²) in [7, 11) is 0. The smallest absolute Gasteiger partial charge is 0.311 e. The summed E-state index contributed by atoms with van der Waals surface area (Å²) in [5.41, 5.74) is 0.594. The quantitative estimate of drug-likeness (QED) is 0.625. The van der Waals surface area contributed by atoms with Crippen molar-refractivity contribution in [3.05, 3.63) is 27.9 Å². The lowest BCUT2D eigenvalue weighted by Crippen LogP contribution is -2.35. The number of anilines is 1. The first-order chi connectivity index (χ1) is 8.86. The van der Waals surface area contributed by atoms with Crippen LogP contribution in [-0.2, 0) is 4.79 Å². The molecule has 0 saturated heterocycles. The predicted molar refractivity (Wildman–Crippen MR) is 70.4 cm³/mol. The first-order valence-electron chi connectivity index (χ1n) is 5.96. The molecular weight excluding hydrogens is 250 g/mol. The largest absolute Gasteiger partial charge is 0.481 e. The summed E-state index contributed by atoms with van der Waals surface area (Å²) in [6, 6.07) is 1.08. The highest BCUT2D eigenvalue weighted by molar-refractivity contribution is 5.69. The maximum Gasteiger partial charge on any atom is 0.311 e. The highest BCUT2D eigenvalue weighted by atomic mass is 16.6. The van der Waals surface area contributed by atoms with Gasteiger partial charge in [-0.05, 0) is 26.3 Å². The maximum absolute atomic E-state index is 11.1. The van der Waals surface area contributed by atoms with Crippen molar-refractivity contribution in [1.82, 2.24) is 4.98 Å². The van der Waals surface area contributed by atoms with E-state index in [-0.39, 0.29) is 24.0 Å². The van der Waals surface area contributed by atoms with E-state index in [1.54, 1.807) is 24.9 Å². The molecule has 0 spiro atoms. The van der Waals surface area contributed by atoms with Crippen molar-refractivity contribution < 1.29 is 14.8 Å². The molecule has 0 aliphatic heterocycles. The second kappa shape index (κ2) is 6.12. The summed E-state index contributed by atoms with van der Waals surface area (Å²) in [5.74, 6) is -0.729. The highest BCUT2D eigenvalue weighted by Gasteiger charge is 2.25. The van der Waals surface area contributed by atoms with Gasteiger partial charge in [0, 0.05) is 24.8 Å². The number of aliphatic carboxylic acids is 1. The Kier molecular flexibility index (Phi) is 4.80. The van der Waals surface area contributed by atoms with Gasteiger partial charge in [-0.1, -0.05) is 0 Å². The molecule has 0 aromatic carbocycles. The molecule has 0 bridgehead atoms. The molecule has 0 saturated carbocycles. The van der Waals surface area contributed by atoms with Crippen LogP contribution in [0.3, 0.4) is 0 Å². The van der Waals surface area contributed by atoms with Crippen LogP contribution in [0, 0.1) is 17.0 Å². The topological polar surface area (TPSA) is 96.6 Å². The standard InChI is InChI=1S/C12H17N3O4/c1-4-14(9(3)6-11(16)17)12-10(15(18)19)5-8(2)7-13-12/h5,7,9H,4,6H2,1-3H3,(H,16,17). The molecule has 1 N–H and O–H groups in total. The van der Waals surface area contributed by atoms with Crippen molar-refractivity contribution in [2.24, 2.45) is 0 Å². The van der Waals surface area contributed by atoms with Crippen molar-refractivity contribution >= 4 is 17.5 Å². The number of rotatable bonds is 6. The van der Waals surface area contributed by atoms with Crippen molar-refractivity contribution in [1.29, 1.82) is 0 Å². The Bertz CT molecular complexity index is 490. The minimum Gasteiger partial charge on any atom is -0.481 e. The van der Waals surface area contributed by atoms with Crippen LogP contribution in [-0.4, -0.2) is 33.6 Å². The number of carbonyl (C=O) groups is 1. The van der Waals surface area contributed by atoms with Crippen molar-refractivity contribution in [2.45, 2.75) is 33.2 Å². The van der Waals surface area contributed by atoms with Crippen LogP contribution < -0.4 is 4.90 Å². The van der Waals surface area contributed by atoms with Crippen LogP contribution in [0.1, 0.15) is 25.8 Å². The molecule has 1 aromatic rings. The summed E-state index contributed by atoms with van der Waals surface area (Å²) < 4.78 is 0. The lowest BCUT2D eigenvalue weighted by Gasteiger charge is -2.27. The van der Waals surface area contributed by atoms with Crippen molar-refractivity contribution in [2.75, 3.05) is 11.4 Å². The van der Waals surface area contributed by atoms with Gasteiger partial charge in [-0.2, -0.15) is 0 Å². The zero-order valence-corrected chi connectivity index (χ0v) is 11.2. The molecule has 7 nitrogen and oxygen atoms in total. The minimum absolute atomic E-state index is 0.0967. The summed E-state index contributed by atoms with van der Waals surface area (Å²) >= 11 is 0. The molecule has 1 unspecified atom stereocenters. The molecule has 1 heterocycles. The molecule has 104 valence electrons. The van der Waals surface area contributed by atoms with Gasteiger partial charge in [-0.25, -0.2) is 4.98 Å². The lowest BCUT2D eigenvalue weighted by molar-refractivity contribution is -0.384. The molecule has 0 amide bonds. The van der Waals surface area contributed by atoms with Crippen molar-refractivity contribution in [3.63, 3.8) is 0 Å². The number of aromatic nitrogens is 1. The molecule has 1 rings (SSSR count).